The van der Waals surface area contributed by atoms with E-state index < -0.39 is 5.97 Å². The lowest BCUT2D eigenvalue weighted by atomic mass is 9.96. The molecule has 4 heterocycles. The van der Waals surface area contributed by atoms with Crippen LogP contribution in [0.25, 0.3) is 22.9 Å². The van der Waals surface area contributed by atoms with E-state index in [0.717, 1.165) is 37.7 Å². The topological polar surface area (TPSA) is 120 Å². The number of hydrogen-bond donors (Lipinski definition) is 1. The summed E-state index contributed by atoms with van der Waals surface area (Å²) in [6.07, 6.45) is 9.55. The number of nitrogens with zero attached hydrogens (tertiary/aromatic N) is 3. The number of hydrogen-bond acceptors (Lipinski definition) is 10. The molecule has 37 heavy (non-hydrogen) atoms. The number of carbonyl (C=O) groups excluding carboxylic acids is 2. The SMILES string of the molecule is COC(=O)c1c(NC(=O)CCSc2nnc(-c3ccco3)c(-c3ccco3)n2)sc2c1CCCCCC2. The number of carbonyl (C=O) groups is 2. The van der Waals surface area contributed by atoms with Gasteiger partial charge in [-0.1, -0.05) is 24.6 Å². The molecule has 4 aromatic heterocycles. The third-order valence-corrected chi connectivity index (χ3v) is 8.10. The van der Waals surface area contributed by atoms with Gasteiger partial charge in [-0.05, 0) is 55.5 Å². The normalized spacial score (nSPS) is 13.4. The lowest BCUT2D eigenvalue weighted by molar-refractivity contribution is -0.115. The van der Waals surface area contributed by atoms with E-state index in [4.69, 9.17) is 13.6 Å². The molecule has 0 aromatic carbocycles. The highest BCUT2D eigenvalue weighted by atomic mass is 32.2. The summed E-state index contributed by atoms with van der Waals surface area (Å²) in [6, 6.07) is 7.11. The van der Waals surface area contributed by atoms with Gasteiger partial charge < -0.3 is 18.9 Å². The van der Waals surface area contributed by atoms with E-state index in [-0.39, 0.29) is 12.3 Å². The van der Waals surface area contributed by atoms with Crippen molar-refractivity contribution in [3.05, 3.63) is 52.8 Å². The van der Waals surface area contributed by atoms with Gasteiger partial charge in [0.2, 0.25) is 11.1 Å². The first kappa shape index (κ1) is 25.2. The van der Waals surface area contributed by atoms with Crippen molar-refractivity contribution in [1.82, 2.24) is 15.2 Å². The fraction of sp³-hybridized carbons (Fsp3) is 0.346. The summed E-state index contributed by atoms with van der Waals surface area (Å²) < 4.78 is 16.0. The smallest absolute Gasteiger partial charge is 0.341 e. The van der Waals surface area contributed by atoms with Gasteiger partial charge in [-0.25, -0.2) is 9.78 Å². The van der Waals surface area contributed by atoms with Crippen molar-refractivity contribution >= 4 is 40.0 Å². The van der Waals surface area contributed by atoms with E-state index in [0.29, 0.717) is 44.4 Å². The van der Waals surface area contributed by atoms with E-state index >= 15 is 0 Å². The predicted molar refractivity (Wildman–Crippen MR) is 141 cm³/mol. The zero-order valence-corrected chi connectivity index (χ0v) is 22.0. The summed E-state index contributed by atoms with van der Waals surface area (Å²) in [5.41, 5.74) is 2.53. The average molecular weight is 539 g/mol. The van der Waals surface area contributed by atoms with E-state index in [1.807, 2.05) is 0 Å². The van der Waals surface area contributed by atoms with Crippen LogP contribution in [0.15, 0.2) is 50.8 Å². The van der Waals surface area contributed by atoms with Crippen molar-refractivity contribution in [1.29, 1.82) is 0 Å². The van der Waals surface area contributed by atoms with Crippen molar-refractivity contribution < 1.29 is 23.2 Å². The van der Waals surface area contributed by atoms with Crippen molar-refractivity contribution in [3.8, 4) is 22.9 Å². The predicted octanol–water partition coefficient (Wildman–Crippen LogP) is 6.02. The minimum atomic E-state index is -0.399. The highest BCUT2D eigenvalue weighted by molar-refractivity contribution is 7.99. The monoisotopic (exact) mass is 538 g/mol. The van der Waals surface area contributed by atoms with Gasteiger partial charge in [-0.2, -0.15) is 0 Å². The number of anilines is 1. The number of amides is 1. The molecule has 0 atom stereocenters. The summed E-state index contributed by atoms with van der Waals surface area (Å²) in [4.78, 5) is 31.2. The molecule has 0 aliphatic heterocycles. The van der Waals surface area contributed by atoms with Gasteiger partial charge in [-0.3, -0.25) is 4.79 Å². The number of aryl methyl sites for hydroxylation is 1. The first-order chi connectivity index (χ1) is 18.1. The summed E-state index contributed by atoms with van der Waals surface area (Å²) in [5, 5.41) is 12.5. The zero-order chi connectivity index (χ0) is 25.6. The van der Waals surface area contributed by atoms with E-state index in [1.165, 1.54) is 41.5 Å². The lowest BCUT2D eigenvalue weighted by Crippen LogP contribution is -2.15. The second kappa shape index (κ2) is 11.7. The summed E-state index contributed by atoms with van der Waals surface area (Å²) in [7, 11) is 1.37. The van der Waals surface area contributed by atoms with Crippen LogP contribution < -0.4 is 5.32 Å². The quantitative estimate of drug-likeness (QED) is 0.212. The Morgan fingerprint density at radius 2 is 1.76 bits per heavy atom. The fourth-order valence-electron chi connectivity index (χ4n) is 4.29. The van der Waals surface area contributed by atoms with Crippen molar-refractivity contribution in [2.24, 2.45) is 0 Å². The molecule has 0 spiro atoms. The molecule has 0 saturated carbocycles. The standard InChI is InChI=1S/C26H26N4O5S2/c1-33-25(32)21-16-8-4-2-3-5-11-19(16)37-24(21)27-20(31)12-15-36-26-28-22(17-9-6-13-34-17)23(29-30-26)18-10-7-14-35-18/h6-7,9-10,13-14H,2-5,8,11-12,15H2,1H3,(H,27,31). The van der Waals surface area contributed by atoms with Crippen LogP contribution in [0.3, 0.4) is 0 Å². The van der Waals surface area contributed by atoms with Gasteiger partial charge in [0.1, 0.15) is 10.7 Å². The molecule has 11 heteroatoms. The molecule has 1 aliphatic rings. The summed E-state index contributed by atoms with van der Waals surface area (Å²) in [6.45, 7) is 0. The Morgan fingerprint density at radius 3 is 2.46 bits per heavy atom. The van der Waals surface area contributed by atoms with Crippen LogP contribution >= 0.6 is 23.1 Å². The number of methoxy groups -OCH3 is 1. The molecule has 0 unspecified atom stereocenters. The maximum absolute atomic E-state index is 12.8. The number of thioether (sulfide) groups is 1. The van der Waals surface area contributed by atoms with Gasteiger partial charge in [0.15, 0.2) is 17.2 Å². The highest BCUT2D eigenvalue weighted by Crippen LogP contribution is 2.38. The molecule has 5 rings (SSSR count). The molecule has 192 valence electrons. The first-order valence-electron chi connectivity index (χ1n) is 12.1. The Bertz CT molecular complexity index is 1370. The van der Waals surface area contributed by atoms with Crippen LogP contribution in [0.2, 0.25) is 0 Å². The van der Waals surface area contributed by atoms with Crippen molar-refractivity contribution in [2.75, 3.05) is 18.2 Å². The maximum atomic E-state index is 12.8. The Hall–Kier alpha value is -3.44. The number of ether oxygens (including phenoxy) is 1. The molecule has 0 radical (unpaired) electrons. The molecule has 1 amide bonds. The zero-order valence-electron chi connectivity index (χ0n) is 20.3. The molecule has 0 bridgehead atoms. The minimum absolute atomic E-state index is 0.182. The van der Waals surface area contributed by atoms with Gasteiger partial charge >= 0.3 is 5.97 Å². The number of nitrogens with one attached hydrogen (secondary N) is 1. The van der Waals surface area contributed by atoms with Crippen LogP contribution in [0.4, 0.5) is 5.00 Å². The molecule has 1 aliphatic carbocycles. The molecular formula is C26H26N4O5S2. The van der Waals surface area contributed by atoms with Crippen molar-refractivity contribution in [2.45, 2.75) is 50.1 Å². The van der Waals surface area contributed by atoms with Gasteiger partial charge in [0, 0.05) is 17.1 Å². The number of thiophene rings is 1. The minimum Gasteiger partial charge on any atom is -0.465 e. The van der Waals surface area contributed by atoms with Gasteiger partial charge in [0.25, 0.3) is 0 Å². The van der Waals surface area contributed by atoms with Gasteiger partial charge in [-0.15, -0.1) is 21.5 Å². The second-order valence-electron chi connectivity index (χ2n) is 8.51. The van der Waals surface area contributed by atoms with Crippen LogP contribution in [-0.2, 0) is 22.4 Å². The average Bonchev–Trinajstić information content (AvgIpc) is 3.66. The largest absolute Gasteiger partial charge is 0.465 e. The summed E-state index contributed by atoms with van der Waals surface area (Å²) in [5.74, 6) is 0.935. The fourth-order valence-corrected chi connectivity index (χ4v) is 6.30. The molecular weight excluding hydrogens is 512 g/mol. The molecule has 0 fully saturated rings. The maximum Gasteiger partial charge on any atom is 0.341 e. The van der Waals surface area contributed by atoms with Crippen LogP contribution in [0.1, 0.15) is 52.9 Å². The third-order valence-electron chi connectivity index (χ3n) is 6.05. The van der Waals surface area contributed by atoms with E-state index in [9.17, 15) is 9.59 Å². The molecule has 0 saturated heterocycles. The lowest BCUT2D eigenvalue weighted by Gasteiger charge is -2.11. The number of furan rings is 2. The van der Waals surface area contributed by atoms with Crippen LogP contribution in [0, 0.1) is 0 Å². The molecule has 4 aromatic rings. The molecule has 9 nitrogen and oxygen atoms in total. The second-order valence-corrected chi connectivity index (χ2v) is 10.7. The van der Waals surface area contributed by atoms with E-state index in [1.54, 1.807) is 36.8 Å². The highest BCUT2D eigenvalue weighted by Gasteiger charge is 2.26. The van der Waals surface area contributed by atoms with E-state index in [2.05, 4.69) is 20.5 Å². The number of aromatic nitrogens is 3. The third kappa shape index (κ3) is 5.78. The number of fused-ring (bicyclic) bond motifs is 1. The Morgan fingerprint density at radius 1 is 1.03 bits per heavy atom. The Labute approximate surface area is 222 Å². The Kier molecular flexibility index (Phi) is 8.00. The Balaban J connectivity index is 1.27. The van der Waals surface area contributed by atoms with Crippen molar-refractivity contribution in [3.63, 3.8) is 0 Å². The van der Waals surface area contributed by atoms with Crippen LogP contribution in [-0.4, -0.2) is 39.9 Å². The van der Waals surface area contributed by atoms with Gasteiger partial charge in [0.05, 0.1) is 25.2 Å². The summed E-state index contributed by atoms with van der Waals surface area (Å²) >= 11 is 2.81. The number of esters is 1. The first-order valence-corrected chi connectivity index (χ1v) is 13.9. The number of rotatable bonds is 8. The molecule has 1 N–H and O–H groups in total. The van der Waals surface area contributed by atoms with Crippen LogP contribution in [0.5, 0.6) is 0 Å².